The molecule has 1 heterocycles. The number of ether oxygens (including phenoxy) is 1. The zero-order chi connectivity index (χ0) is 11.7. The van der Waals surface area contributed by atoms with Gasteiger partial charge in [0.2, 0.25) is 0 Å². The number of benzene rings is 1. The molecular formula is C12H14O4. The number of carbonyl (C=O) groups is 1. The van der Waals surface area contributed by atoms with Crippen molar-refractivity contribution in [1.29, 1.82) is 0 Å². The van der Waals surface area contributed by atoms with E-state index in [2.05, 4.69) is 0 Å². The summed E-state index contributed by atoms with van der Waals surface area (Å²) in [6.45, 7) is 1.76. The minimum atomic E-state index is -0.968. The number of phenolic OH excluding ortho intramolecular Hbond substituents is 1. The number of Topliss-reactive ketones (excluding diaryl/α,β-unsaturated/α-hetero) is 1. The highest BCUT2D eigenvalue weighted by Gasteiger charge is 2.28. The molecule has 0 amide bonds. The van der Waals surface area contributed by atoms with Crippen LogP contribution in [-0.2, 0) is 16.1 Å². The maximum atomic E-state index is 11.4. The van der Waals surface area contributed by atoms with Crippen LogP contribution in [0.4, 0.5) is 0 Å². The second kappa shape index (κ2) is 4.23. The third kappa shape index (κ3) is 1.94. The quantitative estimate of drug-likeness (QED) is 0.809. The van der Waals surface area contributed by atoms with Gasteiger partial charge in [0.25, 0.3) is 0 Å². The largest absolute Gasteiger partial charge is 0.508 e. The number of ketones is 1. The molecule has 1 aromatic carbocycles. The summed E-state index contributed by atoms with van der Waals surface area (Å²) in [6, 6.07) is 5.16. The fourth-order valence-electron chi connectivity index (χ4n) is 1.85. The summed E-state index contributed by atoms with van der Waals surface area (Å²) in [5.74, 6) is -0.0503. The Morgan fingerprint density at radius 3 is 3.06 bits per heavy atom. The van der Waals surface area contributed by atoms with Crippen LogP contribution in [0.1, 0.15) is 30.6 Å². The molecule has 86 valence electrons. The van der Waals surface area contributed by atoms with E-state index in [0.717, 1.165) is 11.1 Å². The molecule has 0 saturated heterocycles. The molecule has 0 unspecified atom stereocenters. The molecule has 0 saturated carbocycles. The van der Waals surface area contributed by atoms with Crippen molar-refractivity contribution in [2.24, 2.45) is 0 Å². The van der Waals surface area contributed by atoms with Crippen molar-refractivity contribution in [3.8, 4) is 5.75 Å². The fraction of sp³-hybridized carbons (Fsp3) is 0.417. The SMILES string of the molecule is C[C@H](O)C(=O)C[C@@H]1OCc2c(O)cccc21. The molecule has 1 aliphatic rings. The smallest absolute Gasteiger partial charge is 0.163 e. The van der Waals surface area contributed by atoms with E-state index < -0.39 is 6.10 Å². The van der Waals surface area contributed by atoms with Gasteiger partial charge in [-0.15, -0.1) is 0 Å². The van der Waals surface area contributed by atoms with Gasteiger partial charge >= 0.3 is 0 Å². The van der Waals surface area contributed by atoms with E-state index in [1.807, 2.05) is 6.07 Å². The first-order valence-corrected chi connectivity index (χ1v) is 5.22. The van der Waals surface area contributed by atoms with Gasteiger partial charge in [-0.25, -0.2) is 0 Å². The number of phenols is 1. The third-order valence-electron chi connectivity index (χ3n) is 2.82. The van der Waals surface area contributed by atoms with Crippen molar-refractivity contribution in [1.82, 2.24) is 0 Å². The Hall–Kier alpha value is -1.39. The number of aliphatic hydroxyl groups is 1. The molecule has 2 N–H and O–H groups in total. The average molecular weight is 222 g/mol. The Labute approximate surface area is 93.5 Å². The van der Waals surface area contributed by atoms with Crippen molar-refractivity contribution in [3.05, 3.63) is 29.3 Å². The van der Waals surface area contributed by atoms with Gasteiger partial charge in [-0.3, -0.25) is 4.79 Å². The molecule has 0 radical (unpaired) electrons. The number of rotatable bonds is 3. The predicted molar refractivity (Wildman–Crippen MR) is 56.9 cm³/mol. The molecular weight excluding hydrogens is 208 g/mol. The van der Waals surface area contributed by atoms with Gasteiger partial charge in [0, 0.05) is 12.0 Å². The second-order valence-corrected chi connectivity index (χ2v) is 3.99. The highest BCUT2D eigenvalue weighted by Crippen LogP contribution is 2.37. The Morgan fingerprint density at radius 1 is 1.62 bits per heavy atom. The standard InChI is InChI=1S/C12H14O4/c1-7(13)11(15)5-12-8-3-2-4-10(14)9(8)6-16-12/h2-4,7,12-14H,5-6H2,1H3/t7-,12-/m0/s1. The summed E-state index contributed by atoms with van der Waals surface area (Å²) >= 11 is 0. The molecule has 2 atom stereocenters. The van der Waals surface area contributed by atoms with Crippen LogP contribution in [0.15, 0.2) is 18.2 Å². The summed E-state index contributed by atoms with van der Waals surface area (Å²) in [5.41, 5.74) is 1.58. The average Bonchev–Trinajstić information content (AvgIpc) is 2.63. The number of hydrogen-bond acceptors (Lipinski definition) is 4. The molecule has 1 aromatic rings. The van der Waals surface area contributed by atoms with Crippen molar-refractivity contribution < 1.29 is 19.7 Å². The van der Waals surface area contributed by atoms with Gasteiger partial charge in [0.15, 0.2) is 5.78 Å². The minimum Gasteiger partial charge on any atom is -0.508 e. The maximum Gasteiger partial charge on any atom is 0.163 e. The molecule has 0 bridgehead atoms. The Balaban J connectivity index is 2.18. The van der Waals surface area contributed by atoms with Gasteiger partial charge < -0.3 is 14.9 Å². The minimum absolute atomic E-state index is 0.147. The number of aromatic hydroxyl groups is 1. The van der Waals surface area contributed by atoms with E-state index in [1.165, 1.54) is 6.92 Å². The normalized spacial score (nSPS) is 20.5. The van der Waals surface area contributed by atoms with Gasteiger partial charge in [0.05, 0.1) is 12.7 Å². The molecule has 0 spiro atoms. The Morgan fingerprint density at radius 2 is 2.38 bits per heavy atom. The van der Waals surface area contributed by atoms with Gasteiger partial charge in [-0.1, -0.05) is 12.1 Å². The summed E-state index contributed by atoms with van der Waals surface area (Å²) < 4.78 is 5.43. The first kappa shape index (κ1) is 11.1. The van der Waals surface area contributed by atoms with Crippen molar-refractivity contribution in [3.63, 3.8) is 0 Å². The van der Waals surface area contributed by atoms with Crippen molar-refractivity contribution in [2.75, 3.05) is 0 Å². The van der Waals surface area contributed by atoms with E-state index in [-0.39, 0.29) is 24.1 Å². The van der Waals surface area contributed by atoms with E-state index in [9.17, 15) is 9.90 Å². The Kier molecular flexibility index (Phi) is 2.94. The summed E-state index contributed by atoms with van der Waals surface area (Å²) in [5, 5.41) is 18.7. The van der Waals surface area contributed by atoms with Crippen LogP contribution >= 0.6 is 0 Å². The van der Waals surface area contributed by atoms with Crippen LogP contribution in [0, 0.1) is 0 Å². The predicted octanol–water partition coefficient (Wildman–Crippen LogP) is 1.30. The molecule has 0 aliphatic carbocycles. The number of hydrogen-bond donors (Lipinski definition) is 2. The lowest BCUT2D eigenvalue weighted by molar-refractivity contribution is -0.129. The van der Waals surface area contributed by atoms with Gasteiger partial charge in [-0.05, 0) is 18.6 Å². The van der Waals surface area contributed by atoms with Crippen LogP contribution in [0.5, 0.6) is 5.75 Å². The lowest BCUT2D eigenvalue weighted by Gasteiger charge is -2.11. The van der Waals surface area contributed by atoms with E-state index in [0.29, 0.717) is 6.61 Å². The molecule has 0 aromatic heterocycles. The van der Waals surface area contributed by atoms with Crippen LogP contribution < -0.4 is 0 Å². The van der Waals surface area contributed by atoms with E-state index >= 15 is 0 Å². The van der Waals surface area contributed by atoms with Crippen LogP contribution in [0.3, 0.4) is 0 Å². The highest BCUT2D eigenvalue weighted by atomic mass is 16.5. The van der Waals surface area contributed by atoms with Gasteiger partial charge in [-0.2, -0.15) is 0 Å². The second-order valence-electron chi connectivity index (χ2n) is 3.99. The maximum absolute atomic E-state index is 11.4. The zero-order valence-corrected chi connectivity index (χ0v) is 9.01. The van der Waals surface area contributed by atoms with E-state index in [4.69, 9.17) is 9.84 Å². The van der Waals surface area contributed by atoms with Gasteiger partial charge in [0.1, 0.15) is 11.9 Å². The zero-order valence-electron chi connectivity index (χ0n) is 9.01. The topological polar surface area (TPSA) is 66.8 Å². The van der Waals surface area contributed by atoms with Crippen molar-refractivity contribution >= 4 is 5.78 Å². The van der Waals surface area contributed by atoms with E-state index in [1.54, 1.807) is 12.1 Å². The fourth-order valence-corrected chi connectivity index (χ4v) is 1.85. The molecule has 4 heteroatoms. The highest BCUT2D eigenvalue weighted by molar-refractivity contribution is 5.83. The van der Waals surface area contributed by atoms with Crippen LogP contribution in [0.25, 0.3) is 0 Å². The van der Waals surface area contributed by atoms with Crippen LogP contribution in [0.2, 0.25) is 0 Å². The summed E-state index contributed by atoms with van der Waals surface area (Å²) in [4.78, 5) is 11.4. The van der Waals surface area contributed by atoms with Crippen molar-refractivity contribution in [2.45, 2.75) is 32.2 Å². The molecule has 0 fully saturated rings. The lowest BCUT2D eigenvalue weighted by Crippen LogP contribution is -2.18. The number of aliphatic hydroxyl groups excluding tert-OH is 1. The molecule has 16 heavy (non-hydrogen) atoms. The molecule has 4 nitrogen and oxygen atoms in total. The summed E-state index contributed by atoms with van der Waals surface area (Å²) in [7, 11) is 0. The first-order valence-electron chi connectivity index (χ1n) is 5.22. The first-order chi connectivity index (χ1) is 7.59. The molecule has 1 aliphatic heterocycles. The number of fused-ring (bicyclic) bond motifs is 1. The molecule has 2 rings (SSSR count). The van der Waals surface area contributed by atoms with Crippen LogP contribution in [-0.4, -0.2) is 22.1 Å². The Bertz CT molecular complexity index is 411. The summed E-state index contributed by atoms with van der Waals surface area (Å²) in [6.07, 6.45) is -1.16. The monoisotopic (exact) mass is 222 g/mol. The lowest BCUT2D eigenvalue weighted by atomic mass is 9.99. The number of carbonyl (C=O) groups excluding carboxylic acids is 1. The third-order valence-corrected chi connectivity index (χ3v) is 2.82.